The third-order valence-corrected chi connectivity index (χ3v) is 3.71. The molecule has 0 saturated heterocycles. The van der Waals surface area contributed by atoms with Gasteiger partial charge in [0.05, 0.1) is 14.2 Å². The highest BCUT2D eigenvalue weighted by molar-refractivity contribution is 5.83. The molecular formula is C17H26N2O4. The summed E-state index contributed by atoms with van der Waals surface area (Å²) in [5.74, 6) is 1.04. The number of likely N-dealkylation sites (N-methyl/N-ethyl adjacent to an activating group) is 1. The SMILES string of the molecule is CCN(CC)C(=O)CN(Cc1ccc(OC)c(OC)c1)C(C)=O. The fourth-order valence-electron chi connectivity index (χ4n) is 2.32. The van der Waals surface area contributed by atoms with Crippen LogP contribution in [0.5, 0.6) is 11.5 Å². The Bertz CT molecular complexity index is 541. The lowest BCUT2D eigenvalue weighted by Gasteiger charge is -2.25. The number of rotatable bonds is 8. The summed E-state index contributed by atoms with van der Waals surface area (Å²) in [4.78, 5) is 27.3. The number of nitrogens with zero attached hydrogens (tertiary/aromatic N) is 2. The largest absolute Gasteiger partial charge is 0.493 e. The molecule has 0 bridgehead atoms. The molecule has 6 heteroatoms. The summed E-state index contributed by atoms with van der Waals surface area (Å²) in [5, 5.41) is 0. The molecule has 0 aromatic heterocycles. The molecule has 0 fully saturated rings. The molecule has 0 atom stereocenters. The molecule has 0 spiro atoms. The summed E-state index contributed by atoms with van der Waals surface area (Å²) in [7, 11) is 3.14. The van der Waals surface area contributed by atoms with E-state index in [9.17, 15) is 9.59 Å². The maximum atomic E-state index is 12.2. The zero-order chi connectivity index (χ0) is 17.4. The van der Waals surface area contributed by atoms with Crippen molar-refractivity contribution in [1.82, 2.24) is 9.80 Å². The maximum absolute atomic E-state index is 12.2. The first-order valence-corrected chi connectivity index (χ1v) is 7.70. The van der Waals surface area contributed by atoms with Crippen molar-refractivity contribution in [3.63, 3.8) is 0 Å². The Morgan fingerprint density at radius 1 is 1.00 bits per heavy atom. The highest BCUT2D eigenvalue weighted by Crippen LogP contribution is 2.28. The zero-order valence-corrected chi connectivity index (χ0v) is 14.6. The molecule has 0 aliphatic carbocycles. The van der Waals surface area contributed by atoms with Crippen LogP contribution in [0.3, 0.4) is 0 Å². The molecule has 128 valence electrons. The number of carbonyl (C=O) groups excluding carboxylic acids is 2. The van der Waals surface area contributed by atoms with Crippen molar-refractivity contribution in [1.29, 1.82) is 0 Å². The van der Waals surface area contributed by atoms with Gasteiger partial charge in [0, 0.05) is 26.6 Å². The van der Waals surface area contributed by atoms with Crippen molar-refractivity contribution < 1.29 is 19.1 Å². The quantitative estimate of drug-likeness (QED) is 0.734. The van der Waals surface area contributed by atoms with Gasteiger partial charge in [0.1, 0.15) is 6.54 Å². The van der Waals surface area contributed by atoms with Gasteiger partial charge in [-0.3, -0.25) is 9.59 Å². The summed E-state index contributed by atoms with van der Waals surface area (Å²) < 4.78 is 10.5. The van der Waals surface area contributed by atoms with Crippen molar-refractivity contribution in [2.75, 3.05) is 33.9 Å². The number of hydrogen-bond acceptors (Lipinski definition) is 4. The van der Waals surface area contributed by atoms with Crippen molar-refractivity contribution in [3.05, 3.63) is 23.8 Å². The van der Waals surface area contributed by atoms with E-state index in [-0.39, 0.29) is 18.4 Å². The van der Waals surface area contributed by atoms with Crippen molar-refractivity contribution in [2.24, 2.45) is 0 Å². The molecule has 1 aromatic rings. The third-order valence-electron chi connectivity index (χ3n) is 3.71. The topological polar surface area (TPSA) is 59.1 Å². The summed E-state index contributed by atoms with van der Waals surface area (Å²) in [6.07, 6.45) is 0. The highest BCUT2D eigenvalue weighted by Gasteiger charge is 2.18. The lowest BCUT2D eigenvalue weighted by molar-refractivity contribution is -0.139. The van der Waals surface area contributed by atoms with E-state index in [0.29, 0.717) is 31.1 Å². The minimum Gasteiger partial charge on any atom is -0.493 e. The van der Waals surface area contributed by atoms with Gasteiger partial charge in [0.2, 0.25) is 11.8 Å². The van der Waals surface area contributed by atoms with E-state index in [1.807, 2.05) is 26.0 Å². The van der Waals surface area contributed by atoms with Crippen LogP contribution in [-0.2, 0) is 16.1 Å². The monoisotopic (exact) mass is 322 g/mol. The molecule has 0 radical (unpaired) electrons. The molecule has 0 aliphatic heterocycles. The first-order chi connectivity index (χ1) is 11.0. The van der Waals surface area contributed by atoms with Crippen LogP contribution in [0.15, 0.2) is 18.2 Å². The minimum atomic E-state index is -0.139. The summed E-state index contributed by atoms with van der Waals surface area (Å²) in [6, 6.07) is 5.47. The Labute approximate surface area is 138 Å². The molecule has 0 aliphatic rings. The number of amides is 2. The molecule has 6 nitrogen and oxygen atoms in total. The van der Waals surface area contributed by atoms with Crippen molar-refractivity contribution in [2.45, 2.75) is 27.3 Å². The van der Waals surface area contributed by atoms with E-state index in [0.717, 1.165) is 5.56 Å². The fraction of sp³-hybridized carbons (Fsp3) is 0.529. The molecule has 0 unspecified atom stereocenters. The maximum Gasteiger partial charge on any atom is 0.242 e. The van der Waals surface area contributed by atoms with Crippen LogP contribution in [0.2, 0.25) is 0 Å². The normalized spacial score (nSPS) is 10.1. The van der Waals surface area contributed by atoms with Crippen molar-refractivity contribution in [3.8, 4) is 11.5 Å². The average Bonchev–Trinajstić information content (AvgIpc) is 2.55. The lowest BCUT2D eigenvalue weighted by Crippen LogP contribution is -2.41. The number of ether oxygens (including phenoxy) is 2. The van der Waals surface area contributed by atoms with Crippen LogP contribution < -0.4 is 9.47 Å². The van der Waals surface area contributed by atoms with Crippen LogP contribution in [-0.4, -0.2) is 55.5 Å². The van der Waals surface area contributed by atoms with Crippen molar-refractivity contribution >= 4 is 11.8 Å². The Morgan fingerprint density at radius 2 is 1.61 bits per heavy atom. The Kier molecular flexibility index (Phi) is 7.38. The first-order valence-electron chi connectivity index (χ1n) is 7.70. The number of methoxy groups -OCH3 is 2. The molecular weight excluding hydrogens is 296 g/mol. The molecule has 1 rings (SSSR count). The van der Waals surface area contributed by atoms with Gasteiger partial charge >= 0.3 is 0 Å². The lowest BCUT2D eigenvalue weighted by atomic mass is 10.2. The fourth-order valence-corrected chi connectivity index (χ4v) is 2.32. The second kappa shape index (κ2) is 9.02. The molecule has 2 amide bonds. The molecule has 0 saturated carbocycles. The van der Waals surface area contributed by atoms with E-state index in [4.69, 9.17) is 9.47 Å². The average molecular weight is 322 g/mol. The minimum absolute atomic E-state index is 0.0503. The van der Waals surface area contributed by atoms with Crippen LogP contribution in [0, 0.1) is 0 Å². The number of benzene rings is 1. The van der Waals surface area contributed by atoms with Gasteiger partial charge in [-0.1, -0.05) is 6.07 Å². The van der Waals surface area contributed by atoms with E-state index < -0.39 is 0 Å². The Balaban J connectivity index is 2.88. The summed E-state index contributed by atoms with van der Waals surface area (Å²) in [6.45, 7) is 7.01. The predicted molar refractivity (Wildman–Crippen MR) is 88.6 cm³/mol. The predicted octanol–water partition coefficient (Wildman–Crippen LogP) is 1.92. The smallest absolute Gasteiger partial charge is 0.242 e. The van der Waals surface area contributed by atoms with Gasteiger partial charge in [-0.2, -0.15) is 0 Å². The van der Waals surface area contributed by atoms with Crippen LogP contribution in [0.1, 0.15) is 26.3 Å². The summed E-state index contributed by atoms with van der Waals surface area (Å²) >= 11 is 0. The molecule has 1 aromatic carbocycles. The van der Waals surface area contributed by atoms with E-state index >= 15 is 0 Å². The van der Waals surface area contributed by atoms with E-state index in [2.05, 4.69) is 0 Å². The second-order valence-electron chi connectivity index (χ2n) is 5.13. The standard InChI is InChI=1S/C17H26N2O4/c1-6-18(7-2)17(21)12-19(13(3)20)11-14-8-9-15(22-4)16(10-14)23-5/h8-10H,6-7,11-12H2,1-5H3. The summed E-state index contributed by atoms with van der Waals surface area (Å²) in [5.41, 5.74) is 0.880. The van der Waals surface area contributed by atoms with E-state index in [1.54, 1.807) is 25.2 Å². The first kappa shape index (κ1) is 18.8. The third kappa shape index (κ3) is 5.16. The van der Waals surface area contributed by atoms with Gasteiger partial charge in [-0.15, -0.1) is 0 Å². The Morgan fingerprint density at radius 3 is 2.09 bits per heavy atom. The Hall–Kier alpha value is -2.24. The zero-order valence-electron chi connectivity index (χ0n) is 14.6. The number of hydrogen-bond donors (Lipinski definition) is 0. The van der Waals surface area contributed by atoms with Gasteiger partial charge in [0.15, 0.2) is 11.5 Å². The second-order valence-corrected chi connectivity index (χ2v) is 5.13. The van der Waals surface area contributed by atoms with E-state index in [1.165, 1.54) is 11.8 Å². The number of carbonyl (C=O) groups is 2. The van der Waals surface area contributed by atoms with Crippen LogP contribution >= 0.6 is 0 Å². The molecule has 0 heterocycles. The van der Waals surface area contributed by atoms with Crippen LogP contribution in [0.25, 0.3) is 0 Å². The highest BCUT2D eigenvalue weighted by atomic mass is 16.5. The molecule has 23 heavy (non-hydrogen) atoms. The van der Waals surface area contributed by atoms with Gasteiger partial charge < -0.3 is 19.3 Å². The van der Waals surface area contributed by atoms with Crippen LogP contribution in [0.4, 0.5) is 0 Å². The molecule has 0 N–H and O–H groups in total. The van der Waals surface area contributed by atoms with Gasteiger partial charge in [-0.05, 0) is 31.5 Å². The van der Waals surface area contributed by atoms with Gasteiger partial charge in [-0.25, -0.2) is 0 Å². The van der Waals surface area contributed by atoms with Gasteiger partial charge in [0.25, 0.3) is 0 Å².